The van der Waals surface area contributed by atoms with Crippen molar-refractivity contribution in [2.45, 2.75) is 10.8 Å². The van der Waals surface area contributed by atoms with Crippen molar-refractivity contribution in [1.82, 2.24) is 4.72 Å². The molecule has 0 saturated carbocycles. The Hall–Kier alpha value is -2.17. The summed E-state index contributed by atoms with van der Waals surface area (Å²) in [6, 6.07) is 7.54. The summed E-state index contributed by atoms with van der Waals surface area (Å²) in [6.45, 7) is 0.0940. The number of rotatable bonds is 5. The second-order valence-corrected chi connectivity index (χ2v) is 7.38. The third-order valence-corrected chi connectivity index (χ3v) is 5.87. The van der Waals surface area contributed by atoms with Crippen LogP contribution in [0.2, 0.25) is 0 Å². The number of sulfonamides is 1. The molecule has 0 fully saturated rings. The van der Waals surface area contributed by atoms with E-state index >= 15 is 0 Å². The lowest BCUT2D eigenvalue weighted by atomic mass is 10.2. The zero-order valence-electron chi connectivity index (χ0n) is 11.0. The fraction of sp³-hybridized carbons (Fsp3) is 0.167. The molecule has 1 aromatic carbocycles. The lowest BCUT2D eigenvalue weighted by Crippen LogP contribution is -2.22. The first-order chi connectivity index (χ1) is 10.5. The van der Waals surface area contributed by atoms with E-state index in [2.05, 4.69) is 4.72 Å². The Balaban J connectivity index is 1.78. The van der Waals surface area contributed by atoms with E-state index in [1.54, 1.807) is 18.2 Å². The molecule has 1 aliphatic rings. The monoisotopic (exact) mass is 342 g/mol. The number of fused-ring (bicyclic) bond motifs is 1. The van der Waals surface area contributed by atoms with E-state index in [0.717, 1.165) is 6.07 Å². The van der Waals surface area contributed by atoms with Gasteiger partial charge in [0.1, 0.15) is 4.21 Å². The van der Waals surface area contributed by atoms with E-state index in [9.17, 15) is 18.5 Å². The van der Waals surface area contributed by atoms with Gasteiger partial charge in [0, 0.05) is 18.2 Å². The van der Waals surface area contributed by atoms with Crippen molar-refractivity contribution < 1.29 is 22.8 Å². The predicted molar refractivity (Wildman–Crippen MR) is 77.6 cm³/mol. The van der Waals surface area contributed by atoms with Gasteiger partial charge in [-0.05, 0) is 23.5 Å². The molecule has 0 radical (unpaired) electrons. The number of nitrogens with one attached hydrogen (secondary N) is 1. The molecule has 0 unspecified atom stereocenters. The number of nitrogens with zero attached hydrogens (tertiary/aromatic N) is 1. The minimum Gasteiger partial charge on any atom is -0.454 e. The molecule has 1 aliphatic heterocycles. The molecular formula is C12H10N2O6S2. The molecule has 0 spiro atoms. The van der Waals surface area contributed by atoms with E-state index in [4.69, 9.17) is 9.47 Å². The maximum Gasteiger partial charge on any atom is 0.325 e. The molecular weight excluding hydrogens is 332 g/mol. The largest absolute Gasteiger partial charge is 0.454 e. The van der Waals surface area contributed by atoms with Crippen molar-refractivity contribution in [2.75, 3.05) is 6.79 Å². The maximum atomic E-state index is 12.1. The average molecular weight is 342 g/mol. The van der Waals surface area contributed by atoms with Crippen molar-refractivity contribution in [3.63, 3.8) is 0 Å². The standard InChI is InChI=1S/C12H10N2O6S2/c15-14(16)10-4-5-11(21-10)22(17,18)13-6-8-2-1-3-9-12(8)20-7-19-9/h1-5,13H,6-7H2. The third kappa shape index (κ3) is 2.75. The summed E-state index contributed by atoms with van der Waals surface area (Å²) in [7, 11) is -3.82. The molecule has 3 rings (SSSR count). The van der Waals surface area contributed by atoms with Crippen LogP contribution in [0.5, 0.6) is 11.5 Å². The van der Waals surface area contributed by atoms with Crippen LogP contribution in [-0.4, -0.2) is 20.1 Å². The summed E-state index contributed by atoms with van der Waals surface area (Å²) >= 11 is 0.603. The van der Waals surface area contributed by atoms with E-state index in [-0.39, 0.29) is 22.5 Å². The van der Waals surface area contributed by atoms with Crippen LogP contribution in [0.3, 0.4) is 0 Å². The molecule has 2 aromatic rings. The number of para-hydroxylation sites is 1. The van der Waals surface area contributed by atoms with Crippen molar-refractivity contribution in [2.24, 2.45) is 0 Å². The van der Waals surface area contributed by atoms with Gasteiger partial charge in [-0.25, -0.2) is 13.1 Å². The van der Waals surface area contributed by atoms with E-state index < -0.39 is 14.9 Å². The molecule has 0 bridgehead atoms. The second-order valence-electron chi connectivity index (χ2n) is 4.33. The van der Waals surface area contributed by atoms with Crippen LogP contribution in [0.15, 0.2) is 34.5 Å². The first-order valence-corrected chi connectivity index (χ1v) is 8.39. The topological polar surface area (TPSA) is 108 Å². The number of nitro groups is 1. The Bertz CT molecular complexity index is 830. The van der Waals surface area contributed by atoms with Gasteiger partial charge in [0.05, 0.1) is 4.92 Å². The molecule has 0 aliphatic carbocycles. The Labute approximate surface area is 129 Å². The van der Waals surface area contributed by atoms with E-state index in [0.29, 0.717) is 28.4 Å². The van der Waals surface area contributed by atoms with E-state index in [1.807, 2.05) is 0 Å². The highest BCUT2D eigenvalue weighted by Crippen LogP contribution is 2.35. The van der Waals surface area contributed by atoms with Crippen molar-refractivity contribution >= 4 is 26.4 Å². The number of hydrogen-bond acceptors (Lipinski definition) is 7. The smallest absolute Gasteiger partial charge is 0.325 e. The number of hydrogen-bond donors (Lipinski definition) is 1. The SMILES string of the molecule is O=[N+]([O-])c1ccc(S(=O)(=O)NCc2cccc3c2OCO3)s1. The van der Waals surface area contributed by atoms with Gasteiger partial charge in [-0.15, -0.1) is 0 Å². The zero-order valence-corrected chi connectivity index (χ0v) is 12.6. The van der Waals surface area contributed by atoms with Crippen molar-refractivity contribution in [1.29, 1.82) is 0 Å². The summed E-state index contributed by atoms with van der Waals surface area (Å²) in [5.41, 5.74) is 0.629. The summed E-state index contributed by atoms with van der Waals surface area (Å²) in [5, 5.41) is 10.4. The van der Waals surface area contributed by atoms with Gasteiger partial charge in [0.25, 0.3) is 10.0 Å². The maximum absolute atomic E-state index is 12.1. The lowest BCUT2D eigenvalue weighted by Gasteiger charge is -2.07. The Morgan fingerprint density at radius 2 is 2.09 bits per heavy atom. The van der Waals surface area contributed by atoms with Gasteiger partial charge >= 0.3 is 5.00 Å². The molecule has 1 N–H and O–H groups in total. The fourth-order valence-corrected chi connectivity index (χ4v) is 4.09. The van der Waals surface area contributed by atoms with Crippen LogP contribution >= 0.6 is 11.3 Å². The second kappa shape index (κ2) is 5.55. The summed E-state index contributed by atoms with van der Waals surface area (Å²) in [5.74, 6) is 1.06. The highest BCUT2D eigenvalue weighted by Gasteiger charge is 2.22. The van der Waals surface area contributed by atoms with Gasteiger partial charge in [0.2, 0.25) is 6.79 Å². The van der Waals surface area contributed by atoms with Gasteiger partial charge in [0.15, 0.2) is 11.5 Å². The van der Waals surface area contributed by atoms with Crippen LogP contribution in [0.1, 0.15) is 5.56 Å². The highest BCUT2D eigenvalue weighted by atomic mass is 32.2. The molecule has 8 nitrogen and oxygen atoms in total. The molecule has 22 heavy (non-hydrogen) atoms. The Morgan fingerprint density at radius 3 is 2.82 bits per heavy atom. The van der Waals surface area contributed by atoms with Gasteiger partial charge < -0.3 is 9.47 Å². The molecule has 10 heteroatoms. The van der Waals surface area contributed by atoms with Crippen LogP contribution in [0.25, 0.3) is 0 Å². The van der Waals surface area contributed by atoms with Gasteiger partial charge in [-0.3, -0.25) is 10.1 Å². The van der Waals surface area contributed by atoms with Crippen LogP contribution < -0.4 is 14.2 Å². The molecule has 1 aromatic heterocycles. The minimum absolute atomic E-state index is 0.000560. The third-order valence-electron chi connectivity index (χ3n) is 2.94. The molecule has 116 valence electrons. The summed E-state index contributed by atoms with van der Waals surface area (Å²) in [4.78, 5) is 9.99. The highest BCUT2D eigenvalue weighted by molar-refractivity contribution is 7.91. The normalized spacial score (nSPS) is 13.3. The van der Waals surface area contributed by atoms with Gasteiger partial charge in [-0.2, -0.15) is 0 Å². The summed E-state index contributed by atoms with van der Waals surface area (Å²) < 4.78 is 37.1. The Morgan fingerprint density at radius 1 is 1.27 bits per heavy atom. The first kappa shape index (κ1) is 14.8. The van der Waals surface area contributed by atoms with Gasteiger partial charge in [-0.1, -0.05) is 12.1 Å². The molecule has 2 heterocycles. The fourth-order valence-electron chi connectivity index (χ4n) is 1.93. The zero-order chi connectivity index (χ0) is 15.7. The van der Waals surface area contributed by atoms with Crippen molar-refractivity contribution in [3.8, 4) is 11.5 Å². The minimum atomic E-state index is -3.82. The van der Waals surface area contributed by atoms with Crippen LogP contribution in [-0.2, 0) is 16.6 Å². The lowest BCUT2D eigenvalue weighted by molar-refractivity contribution is -0.380. The Kier molecular flexibility index (Phi) is 3.72. The quantitative estimate of drug-likeness (QED) is 0.656. The number of benzene rings is 1. The predicted octanol–water partition coefficient (Wildman–Crippen LogP) is 1.86. The van der Waals surface area contributed by atoms with Crippen LogP contribution in [0, 0.1) is 10.1 Å². The first-order valence-electron chi connectivity index (χ1n) is 6.09. The summed E-state index contributed by atoms with van der Waals surface area (Å²) in [6.07, 6.45) is 0. The molecule has 0 saturated heterocycles. The van der Waals surface area contributed by atoms with E-state index in [1.165, 1.54) is 6.07 Å². The number of ether oxygens (including phenoxy) is 2. The average Bonchev–Trinajstić information content (AvgIpc) is 3.14. The number of thiophene rings is 1. The van der Waals surface area contributed by atoms with Crippen molar-refractivity contribution in [3.05, 3.63) is 46.0 Å². The molecule has 0 atom stereocenters. The molecule has 0 amide bonds. The van der Waals surface area contributed by atoms with Crippen LogP contribution in [0.4, 0.5) is 5.00 Å².